The summed E-state index contributed by atoms with van der Waals surface area (Å²) in [5.74, 6) is -0.972. The van der Waals surface area contributed by atoms with E-state index in [0.29, 0.717) is 5.69 Å². The predicted octanol–water partition coefficient (Wildman–Crippen LogP) is 1.95. The Balaban J connectivity index is 2.34. The summed E-state index contributed by atoms with van der Waals surface area (Å²) in [4.78, 5) is 21.2. The molecule has 0 unspecified atom stereocenters. The summed E-state index contributed by atoms with van der Waals surface area (Å²) in [7, 11) is 0. The molecule has 0 bridgehead atoms. The normalized spacial score (nSPS) is 10.2. The van der Waals surface area contributed by atoms with Crippen LogP contribution < -0.4 is 5.32 Å². The quantitative estimate of drug-likeness (QED) is 0.761. The molecule has 0 saturated carbocycles. The second kappa shape index (κ2) is 6.28. The number of nitrogens with one attached hydrogen (secondary N) is 1. The van der Waals surface area contributed by atoms with Crippen molar-refractivity contribution in [2.24, 2.45) is 10.2 Å². The van der Waals surface area contributed by atoms with Crippen molar-refractivity contribution in [3.8, 4) is 0 Å². The maximum absolute atomic E-state index is 11.0. The van der Waals surface area contributed by atoms with Crippen molar-refractivity contribution in [1.82, 2.24) is 5.32 Å². The molecule has 0 atom stereocenters. The Kier molecular flexibility index (Phi) is 4.65. The fraction of sp³-hybridized carbons (Fsp3) is 0.200. The molecule has 16 heavy (non-hydrogen) atoms. The fourth-order valence-electron chi connectivity index (χ4n) is 0.910. The molecule has 0 aliphatic carbocycles. The first-order valence-corrected chi connectivity index (χ1v) is 4.65. The van der Waals surface area contributed by atoms with Crippen LogP contribution in [-0.2, 0) is 4.79 Å². The Hall–Kier alpha value is -2.24. The lowest BCUT2D eigenvalue weighted by Crippen LogP contribution is -2.22. The standard InChI is InChI=1S/C10H11N3O3/c14-9(15)6-7-11-10(16)13-12-8-4-2-1-3-5-8/h1-5H,6-7H2,(H,11,16)(H,14,15). The van der Waals surface area contributed by atoms with Crippen molar-refractivity contribution in [1.29, 1.82) is 0 Å². The first-order valence-electron chi connectivity index (χ1n) is 4.65. The van der Waals surface area contributed by atoms with Crippen molar-refractivity contribution in [2.75, 3.05) is 6.54 Å². The van der Waals surface area contributed by atoms with E-state index < -0.39 is 12.0 Å². The van der Waals surface area contributed by atoms with Crippen LogP contribution in [0.1, 0.15) is 6.42 Å². The summed E-state index contributed by atoms with van der Waals surface area (Å²) < 4.78 is 0. The van der Waals surface area contributed by atoms with Crippen LogP contribution in [0, 0.1) is 0 Å². The molecule has 6 heteroatoms. The number of urea groups is 1. The van der Waals surface area contributed by atoms with Gasteiger partial charge in [0.25, 0.3) is 0 Å². The molecule has 2 N–H and O–H groups in total. The minimum atomic E-state index is -0.972. The van der Waals surface area contributed by atoms with Gasteiger partial charge in [-0.05, 0) is 12.1 Å². The van der Waals surface area contributed by atoms with E-state index >= 15 is 0 Å². The monoisotopic (exact) mass is 221 g/mol. The zero-order chi connectivity index (χ0) is 11.8. The number of rotatable bonds is 4. The number of carbonyl (C=O) groups is 2. The van der Waals surface area contributed by atoms with E-state index in [9.17, 15) is 9.59 Å². The molecule has 0 radical (unpaired) electrons. The smallest absolute Gasteiger partial charge is 0.359 e. The van der Waals surface area contributed by atoms with E-state index in [1.165, 1.54) is 0 Å². The second-order valence-corrected chi connectivity index (χ2v) is 2.91. The third-order valence-electron chi connectivity index (χ3n) is 1.63. The summed E-state index contributed by atoms with van der Waals surface area (Å²) in [6.07, 6.45) is -0.132. The lowest BCUT2D eigenvalue weighted by Gasteiger charge is -1.96. The van der Waals surface area contributed by atoms with Gasteiger partial charge in [0.15, 0.2) is 0 Å². The van der Waals surface area contributed by atoms with Crippen LogP contribution in [-0.4, -0.2) is 23.7 Å². The van der Waals surface area contributed by atoms with Crippen molar-refractivity contribution in [3.63, 3.8) is 0 Å². The van der Waals surface area contributed by atoms with Gasteiger partial charge in [-0.1, -0.05) is 23.3 Å². The number of hydrogen-bond acceptors (Lipinski definition) is 3. The third-order valence-corrected chi connectivity index (χ3v) is 1.63. The predicted molar refractivity (Wildman–Crippen MR) is 56.6 cm³/mol. The van der Waals surface area contributed by atoms with Gasteiger partial charge in [-0.15, -0.1) is 5.11 Å². The molecule has 0 heterocycles. The molecule has 1 aromatic rings. The van der Waals surface area contributed by atoms with Gasteiger partial charge >= 0.3 is 12.0 Å². The summed E-state index contributed by atoms with van der Waals surface area (Å²) >= 11 is 0. The average Bonchev–Trinajstić information content (AvgIpc) is 2.27. The van der Waals surface area contributed by atoms with E-state index in [0.717, 1.165) is 0 Å². The average molecular weight is 221 g/mol. The molecule has 84 valence electrons. The Morgan fingerprint density at radius 1 is 1.25 bits per heavy atom. The molecular formula is C10H11N3O3. The minimum Gasteiger partial charge on any atom is -0.481 e. The van der Waals surface area contributed by atoms with E-state index in [1.807, 2.05) is 6.07 Å². The van der Waals surface area contributed by atoms with Gasteiger partial charge in [-0.2, -0.15) is 0 Å². The summed E-state index contributed by atoms with van der Waals surface area (Å²) in [5.41, 5.74) is 0.566. The molecule has 0 aliphatic rings. The summed E-state index contributed by atoms with van der Waals surface area (Å²) in [6.45, 7) is 0.0436. The highest BCUT2D eigenvalue weighted by Gasteiger charge is 2.00. The van der Waals surface area contributed by atoms with Crippen LogP contribution in [0.2, 0.25) is 0 Å². The van der Waals surface area contributed by atoms with Crippen molar-refractivity contribution in [3.05, 3.63) is 30.3 Å². The highest BCUT2D eigenvalue weighted by Crippen LogP contribution is 2.09. The highest BCUT2D eigenvalue weighted by molar-refractivity contribution is 5.75. The van der Waals surface area contributed by atoms with Gasteiger partial charge in [-0.3, -0.25) is 4.79 Å². The van der Waals surface area contributed by atoms with E-state index in [2.05, 4.69) is 15.5 Å². The number of carbonyl (C=O) groups excluding carboxylic acids is 1. The van der Waals surface area contributed by atoms with Gasteiger partial charge in [0.2, 0.25) is 0 Å². The Morgan fingerprint density at radius 3 is 2.56 bits per heavy atom. The molecule has 2 amide bonds. The molecule has 0 fully saturated rings. The molecule has 0 saturated heterocycles. The Labute approximate surface area is 92.0 Å². The van der Waals surface area contributed by atoms with Crippen LogP contribution >= 0.6 is 0 Å². The Bertz CT molecular complexity index is 390. The molecule has 0 spiro atoms. The SMILES string of the molecule is O=C(O)CCNC(=O)N=Nc1ccccc1. The number of hydrogen-bond donors (Lipinski definition) is 2. The fourth-order valence-corrected chi connectivity index (χ4v) is 0.910. The zero-order valence-corrected chi connectivity index (χ0v) is 8.46. The van der Waals surface area contributed by atoms with Crippen LogP contribution in [0.25, 0.3) is 0 Å². The Morgan fingerprint density at radius 2 is 1.94 bits per heavy atom. The molecular weight excluding hydrogens is 210 g/mol. The van der Waals surface area contributed by atoms with Crippen molar-refractivity contribution < 1.29 is 14.7 Å². The maximum Gasteiger partial charge on any atom is 0.359 e. The molecule has 0 aromatic heterocycles. The molecule has 1 aromatic carbocycles. The lowest BCUT2D eigenvalue weighted by atomic mass is 10.3. The minimum absolute atomic E-state index is 0.0436. The zero-order valence-electron chi connectivity index (χ0n) is 8.46. The number of carboxylic acid groups (broad SMARTS) is 1. The van der Waals surface area contributed by atoms with Gasteiger partial charge in [0, 0.05) is 6.54 Å². The lowest BCUT2D eigenvalue weighted by molar-refractivity contribution is -0.136. The van der Waals surface area contributed by atoms with Crippen LogP contribution in [0.5, 0.6) is 0 Å². The van der Waals surface area contributed by atoms with E-state index in [-0.39, 0.29) is 13.0 Å². The van der Waals surface area contributed by atoms with Crippen molar-refractivity contribution in [2.45, 2.75) is 6.42 Å². The maximum atomic E-state index is 11.0. The third kappa shape index (κ3) is 4.85. The van der Waals surface area contributed by atoms with Gasteiger partial charge in [-0.25, -0.2) is 4.79 Å². The van der Waals surface area contributed by atoms with Crippen LogP contribution in [0.3, 0.4) is 0 Å². The topological polar surface area (TPSA) is 91.1 Å². The first kappa shape index (κ1) is 11.8. The second-order valence-electron chi connectivity index (χ2n) is 2.91. The number of benzene rings is 1. The van der Waals surface area contributed by atoms with E-state index in [4.69, 9.17) is 5.11 Å². The number of carboxylic acids is 1. The number of azo groups is 1. The first-order chi connectivity index (χ1) is 7.68. The highest BCUT2D eigenvalue weighted by atomic mass is 16.4. The van der Waals surface area contributed by atoms with Crippen LogP contribution in [0.15, 0.2) is 40.6 Å². The number of aliphatic carboxylic acids is 1. The molecule has 1 rings (SSSR count). The number of amides is 2. The molecule has 0 aliphatic heterocycles. The largest absolute Gasteiger partial charge is 0.481 e. The summed E-state index contributed by atoms with van der Waals surface area (Å²) in [5, 5.41) is 17.7. The van der Waals surface area contributed by atoms with E-state index in [1.54, 1.807) is 24.3 Å². The summed E-state index contributed by atoms with van der Waals surface area (Å²) in [6, 6.07) is 8.13. The number of nitrogens with zero attached hydrogens (tertiary/aromatic N) is 2. The van der Waals surface area contributed by atoms with Gasteiger partial charge in [0.1, 0.15) is 0 Å². The molecule has 6 nitrogen and oxygen atoms in total. The van der Waals surface area contributed by atoms with Crippen LogP contribution in [0.4, 0.5) is 10.5 Å². The van der Waals surface area contributed by atoms with Crippen molar-refractivity contribution >= 4 is 17.7 Å². The van der Waals surface area contributed by atoms with Gasteiger partial charge < -0.3 is 10.4 Å². The van der Waals surface area contributed by atoms with Gasteiger partial charge in [0.05, 0.1) is 12.1 Å².